The van der Waals surface area contributed by atoms with Gasteiger partial charge in [-0.3, -0.25) is 4.79 Å². The van der Waals surface area contributed by atoms with Crippen molar-refractivity contribution in [2.75, 3.05) is 0 Å². The van der Waals surface area contributed by atoms with Gasteiger partial charge in [0.05, 0.1) is 18.3 Å². The number of rotatable bonds is 4. The summed E-state index contributed by atoms with van der Waals surface area (Å²) >= 11 is 0. The van der Waals surface area contributed by atoms with Crippen molar-refractivity contribution in [3.8, 4) is 0 Å². The van der Waals surface area contributed by atoms with Gasteiger partial charge in [-0.1, -0.05) is 5.16 Å². The number of nitrogens with one attached hydrogen (secondary N) is 1. The smallest absolute Gasteiger partial charge is 0.287 e. The van der Waals surface area contributed by atoms with Crippen molar-refractivity contribution in [3.63, 3.8) is 0 Å². The topological polar surface area (TPSA) is 94.3 Å². The van der Waals surface area contributed by atoms with Crippen LogP contribution in [0.5, 0.6) is 0 Å². The number of furan rings is 1. The lowest BCUT2D eigenvalue weighted by Gasteiger charge is -2.12. The predicted molar refractivity (Wildman–Crippen MR) is 68.5 cm³/mol. The molecule has 19 heavy (non-hydrogen) atoms. The molecular formula is C13H17N3O3. The van der Waals surface area contributed by atoms with E-state index in [9.17, 15) is 4.79 Å². The highest BCUT2D eigenvalue weighted by Crippen LogP contribution is 2.21. The van der Waals surface area contributed by atoms with Crippen LogP contribution in [-0.4, -0.2) is 11.1 Å². The zero-order chi connectivity index (χ0) is 14.0. The fourth-order valence-electron chi connectivity index (χ4n) is 2.06. The minimum Gasteiger partial charge on any atom is -0.455 e. The Bertz CT molecular complexity index is 566. The molecular weight excluding hydrogens is 246 g/mol. The number of hydrogen-bond acceptors (Lipinski definition) is 5. The zero-order valence-electron chi connectivity index (χ0n) is 11.2. The van der Waals surface area contributed by atoms with E-state index in [1.165, 1.54) is 0 Å². The Morgan fingerprint density at radius 2 is 2.21 bits per heavy atom. The molecule has 6 nitrogen and oxygen atoms in total. The van der Waals surface area contributed by atoms with Gasteiger partial charge >= 0.3 is 0 Å². The highest BCUT2D eigenvalue weighted by Gasteiger charge is 2.20. The molecule has 1 atom stereocenters. The maximum absolute atomic E-state index is 12.0. The molecule has 2 heterocycles. The number of aromatic nitrogens is 1. The first-order chi connectivity index (χ1) is 9.02. The summed E-state index contributed by atoms with van der Waals surface area (Å²) in [5, 5.41) is 6.71. The van der Waals surface area contributed by atoms with E-state index >= 15 is 0 Å². The van der Waals surface area contributed by atoms with Crippen LogP contribution in [0.2, 0.25) is 0 Å². The van der Waals surface area contributed by atoms with Gasteiger partial charge in [0.1, 0.15) is 11.5 Å². The lowest BCUT2D eigenvalue weighted by Crippen LogP contribution is -2.26. The summed E-state index contributed by atoms with van der Waals surface area (Å²) in [4.78, 5) is 12.0. The van der Waals surface area contributed by atoms with E-state index in [4.69, 9.17) is 14.7 Å². The van der Waals surface area contributed by atoms with Gasteiger partial charge in [0.15, 0.2) is 5.76 Å². The van der Waals surface area contributed by atoms with Crippen LogP contribution >= 0.6 is 0 Å². The van der Waals surface area contributed by atoms with Crippen LogP contribution in [0.3, 0.4) is 0 Å². The second-order valence-electron chi connectivity index (χ2n) is 4.40. The lowest BCUT2D eigenvalue weighted by molar-refractivity contribution is 0.0910. The van der Waals surface area contributed by atoms with E-state index in [-0.39, 0.29) is 24.3 Å². The second-order valence-corrected chi connectivity index (χ2v) is 4.40. The van der Waals surface area contributed by atoms with E-state index in [1.54, 1.807) is 12.1 Å². The molecule has 2 aromatic heterocycles. The van der Waals surface area contributed by atoms with Gasteiger partial charge in [-0.05, 0) is 32.9 Å². The lowest BCUT2D eigenvalue weighted by atomic mass is 10.1. The number of aryl methyl sites for hydroxylation is 2. The Balaban J connectivity index is 2.10. The molecule has 102 valence electrons. The van der Waals surface area contributed by atoms with Crippen LogP contribution in [-0.2, 0) is 6.54 Å². The van der Waals surface area contributed by atoms with Crippen LogP contribution in [0.15, 0.2) is 21.1 Å². The minimum absolute atomic E-state index is 0.204. The third-order valence-corrected chi connectivity index (χ3v) is 2.96. The van der Waals surface area contributed by atoms with E-state index in [2.05, 4.69) is 10.5 Å². The number of carbonyl (C=O) groups is 1. The fraction of sp³-hybridized carbons (Fsp3) is 0.385. The van der Waals surface area contributed by atoms with E-state index in [0.717, 1.165) is 11.3 Å². The molecule has 0 aliphatic heterocycles. The number of nitrogens with two attached hydrogens (primary N) is 1. The van der Waals surface area contributed by atoms with Crippen molar-refractivity contribution >= 4 is 5.91 Å². The molecule has 0 aliphatic rings. The van der Waals surface area contributed by atoms with Gasteiger partial charge in [-0.25, -0.2) is 0 Å². The summed E-state index contributed by atoms with van der Waals surface area (Å²) in [6, 6.07) is 3.10. The fourth-order valence-corrected chi connectivity index (χ4v) is 2.06. The molecule has 0 aliphatic carbocycles. The standard InChI is InChI=1S/C13H17N3O3/c1-7(12-8(2)16-19-9(12)3)15-13(17)11-5-4-10(6-14)18-11/h4-5,7H,6,14H2,1-3H3,(H,15,17). The van der Waals surface area contributed by atoms with E-state index < -0.39 is 0 Å². The third kappa shape index (κ3) is 2.68. The Kier molecular flexibility index (Phi) is 3.71. The molecule has 2 aromatic rings. The molecule has 6 heteroatoms. The first-order valence-corrected chi connectivity index (χ1v) is 6.05. The number of carbonyl (C=O) groups excluding carboxylic acids is 1. The van der Waals surface area contributed by atoms with Crippen LogP contribution < -0.4 is 11.1 Å². The minimum atomic E-state index is -0.285. The number of hydrogen-bond donors (Lipinski definition) is 2. The van der Waals surface area contributed by atoms with Gasteiger partial charge in [0, 0.05) is 5.56 Å². The normalized spacial score (nSPS) is 12.4. The van der Waals surface area contributed by atoms with E-state index in [1.807, 2.05) is 20.8 Å². The predicted octanol–water partition coefficient (Wildman–Crippen LogP) is 1.83. The van der Waals surface area contributed by atoms with Crippen LogP contribution in [0.1, 0.15) is 46.3 Å². The second kappa shape index (κ2) is 5.27. The van der Waals surface area contributed by atoms with Crippen molar-refractivity contribution in [1.82, 2.24) is 10.5 Å². The van der Waals surface area contributed by atoms with Crippen molar-refractivity contribution in [1.29, 1.82) is 0 Å². The van der Waals surface area contributed by atoms with Gasteiger partial charge in [-0.2, -0.15) is 0 Å². The van der Waals surface area contributed by atoms with Crippen molar-refractivity contribution in [2.24, 2.45) is 5.73 Å². The zero-order valence-corrected chi connectivity index (χ0v) is 11.2. The van der Waals surface area contributed by atoms with Crippen LogP contribution in [0, 0.1) is 13.8 Å². The number of nitrogens with zero attached hydrogens (tertiary/aromatic N) is 1. The maximum Gasteiger partial charge on any atom is 0.287 e. The van der Waals surface area contributed by atoms with E-state index in [0.29, 0.717) is 11.5 Å². The summed E-state index contributed by atoms with van der Waals surface area (Å²) in [6.45, 7) is 5.80. The SMILES string of the molecule is Cc1noc(C)c1C(C)NC(=O)c1ccc(CN)o1. The molecule has 0 fully saturated rings. The maximum atomic E-state index is 12.0. The Morgan fingerprint density at radius 1 is 1.47 bits per heavy atom. The summed E-state index contributed by atoms with van der Waals surface area (Å²) in [5.41, 5.74) is 7.09. The third-order valence-electron chi connectivity index (χ3n) is 2.96. The van der Waals surface area contributed by atoms with Gasteiger partial charge in [0.2, 0.25) is 0 Å². The van der Waals surface area contributed by atoms with Gasteiger partial charge < -0.3 is 20.0 Å². The van der Waals surface area contributed by atoms with Crippen molar-refractivity contribution in [2.45, 2.75) is 33.4 Å². The summed E-state index contributed by atoms with van der Waals surface area (Å²) in [6.07, 6.45) is 0. The molecule has 0 saturated carbocycles. The largest absolute Gasteiger partial charge is 0.455 e. The van der Waals surface area contributed by atoms with Gasteiger partial charge in [-0.15, -0.1) is 0 Å². The van der Waals surface area contributed by atoms with Crippen molar-refractivity contribution in [3.05, 3.63) is 40.7 Å². The number of amides is 1. The molecule has 1 amide bonds. The summed E-state index contributed by atoms with van der Waals surface area (Å²) < 4.78 is 10.4. The van der Waals surface area contributed by atoms with Gasteiger partial charge in [0.25, 0.3) is 5.91 Å². The molecule has 0 spiro atoms. The van der Waals surface area contributed by atoms with Crippen LogP contribution in [0.25, 0.3) is 0 Å². The highest BCUT2D eigenvalue weighted by atomic mass is 16.5. The molecule has 0 aromatic carbocycles. The highest BCUT2D eigenvalue weighted by molar-refractivity contribution is 5.91. The monoisotopic (exact) mass is 263 g/mol. The molecule has 0 bridgehead atoms. The average molecular weight is 263 g/mol. The van der Waals surface area contributed by atoms with Crippen LogP contribution in [0.4, 0.5) is 0 Å². The molecule has 2 rings (SSSR count). The first-order valence-electron chi connectivity index (χ1n) is 6.05. The molecule has 0 radical (unpaired) electrons. The Morgan fingerprint density at radius 3 is 2.74 bits per heavy atom. The quantitative estimate of drug-likeness (QED) is 0.877. The molecule has 3 N–H and O–H groups in total. The Hall–Kier alpha value is -2.08. The Labute approximate surface area is 110 Å². The first kappa shape index (κ1) is 13.4. The molecule has 1 unspecified atom stereocenters. The summed E-state index contributed by atoms with van der Waals surface area (Å²) in [7, 11) is 0. The summed E-state index contributed by atoms with van der Waals surface area (Å²) in [5.74, 6) is 1.24. The molecule has 0 saturated heterocycles. The van der Waals surface area contributed by atoms with Crippen molar-refractivity contribution < 1.29 is 13.7 Å². The average Bonchev–Trinajstić information content (AvgIpc) is 2.96.